The van der Waals surface area contributed by atoms with Gasteiger partial charge in [0.05, 0.1) is 0 Å². The van der Waals surface area contributed by atoms with E-state index in [0.717, 1.165) is 12.8 Å². The van der Waals surface area contributed by atoms with Crippen LogP contribution in [0.5, 0.6) is 0 Å². The largest absolute Gasteiger partial charge is 0.0533 e. The first kappa shape index (κ1) is 6.12. The number of rotatable bonds is 0. The molecule has 8 heavy (non-hydrogen) atoms. The van der Waals surface area contributed by atoms with Crippen LogP contribution >= 0.6 is 0 Å². The van der Waals surface area contributed by atoms with Crippen LogP contribution in [0.15, 0.2) is 0 Å². The summed E-state index contributed by atoms with van der Waals surface area (Å²) in [6.45, 7) is 11.3. The standard InChI is InChI=1S/C8H12/c1-8(2)6-4-3-5-7-8/h1-2H,3-7H2. The van der Waals surface area contributed by atoms with Crippen LogP contribution in [0.2, 0.25) is 0 Å². The van der Waals surface area contributed by atoms with E-state index in [1.807, 2.05) is 0 Å². The maximum atomic E-state index is 5.66. The highest BCUT2D eigenvalue weighted by Crippen LogP contribution is 2.33. The van der Waals surface area contributed by atoms with E-state index in [9.17, 15) is 0 Å². The van der Waals surface area contributed by atoms with Crippen molar-refractivity contribution < 1.29 is 0 Å². The van der Waals surface area contributed by atoms with Crippen LogP contribution in [-0.2, 0) is 0 Å². The van der Waals surface area contributed by atoms with Gasteiger partial charge in [0.15, 0.2) is 0 Å². The van der Waals surface area contributed by atoms with Crippen molar-refractivity contribution in [1.82, 2.24) is 0 Å². The third-order valence-corrected chi connectivity index (χ3v) is 1.78. The van der Waals surface area contributed by atoms with Gasteiger partial charge in [-0.1, -0.05) is 19.3 Å². The first-order valence-electron chi connectivity index (χ1n) is 3.28. The highest BCUT2D eigenvalue weighted by Gasteiger charge is 2.20. The molecule has 1 rings (SSSR count). The molecule has 1 saturated carbocycles. The monoisotopic (exact) mass is 108 g/mol. The second-order valence-electron chi connectivity index (χ2n) is 2.79. The molecule has 0 spiro atoms. The Balaban J connectivity index is 2.33. The Morgan fingerprint density at radius 3 is 1.62 bits per heavy atom. The van der Waals surface area contributed by atoms with E-state index in [1.54, 1.807) is 0 Å². The van der Waals surface area contributed by atoms with E-state index in [4.69, 9.17) is 13.8 Å². The molecule has 0 amide bonds. The predicted octanol–water partition coefficient (Wildman–Crippen LogP) is 2.36. The van der Waals surface area contributed by atoms with Crippen molar-refractivity contribution in [2.24, 2.45) is 5.41 Å². The zero-order valence-electron chi connectivity index (χ0n) is 5.19. The topological polar surface area (TPSA) is 0 Å². The summed E-state index contributed by atoms with van der Waals surface area (Å²) >= 11 is 0. The van der Waals surface area contributed by atoms with Crippen molar-refractivity contribution >= 4 is 0 Å². The fourth-order valence-electron chi connectivity index (χ4n) is 1.21. The predicted molar refractivity (Wildman–Crippen MR) is 34.1 cm³/mol. The van der Waals surface area contributed by atoms with Gasteiger partial charge < -0.3 is 0 Å². The molecule has 0 aromatic rings. The van der Waals surface area contributed by atoms with Gasteiger partial charge >= 0.3 is 0 Å². The molecule has 0 saturated heterocycles. The highest BCUT2D eigenvalue weighted by atomic mass is 14.3. The van der Waals surface area contributed by atoms with Crippen molar-refractivity contribution in [2.45, 2.75) is 32.1 Å². The summed E-state index contributed by atoms with van der Waals surface area (Å²) in [5.41, 5.74) is -0.321. The van der Waals surface area contributed by atoms with Gasteiger partial charge in [-0.05, 0) is 32.1 Å². The molecule has 0 nitrogen and oxygen atoms in total. The van der Waals surface area contributed by atoms with Gasteiger partial charge in [-0.3, -0.25) is 0 Å². The average Bonchev–Trinajstić information content (AvgIpc) is 1.65. The van der Waals surface area contributed by atoms with Crippen LogP contribution in [0.1, 0.15) is 32.1 Å². The van der Waals surface area contributed by atoms with Crippen LogP contribution in [0, 0.1) is 19.3 Å². The van der Waals surface area contributed by atoms with E-state index in [1.165, 1.54) is 19.3 Å². The summed E-state index contributed by atoms with van der Waals surface area (Å²) in [4.78, 5) is 0. The Morgan fingerprint density at radius 2 is 1.38 bits per heavy atom. The lowest BCUT2D eigenvalue weighted by atomic mass is 9.78. The molecule has 0 aliphatic heterocycles. The lowest BCUT2D eigenvalue weighted by molar-refractivity contribution is 0.319. The first-order valence-corrected chi connectivity index (χ1v) is 3.28. The molecule has 1 fully saturated rings. The first-order chi connectivity index (χ1) is 3.71. The van der Waals surface area contributed by atoms with E-state index in [2.05, 4.69) is 0 Å². The van der Waals surface area contributed by atoms with Crippen molar-refractivity contribution in [3.05, 3.63) is 13.8 Å². The zero-order chi connectivity index (χ0) is 6.04. The van der Waals surface area contributed by atoms with Crippen molar-refractivity contribution in [3.63, 3.8) is 0 Å². The third-order valence-electron chi connectivity index (χ3n) is 1.78. The number of hydrogen-bond donors (Lipinski definition) is 0. The summed E-state index contributed by atoms with van der Waals surface area (Å²) in [5.74, 6) is 0. The van der Waals surface area contributed by atoms with Crippen LogP contribution < -0.4 is 0 Å². The summed E-state index contributed by atoms with van der Waals surface area (Å²) in [6.07, 6.45) is 5.76. The molecule has 0 bridgehead atoms. The van der Waals surface area contributed by atoms with Gasteiger partial charge in [0.1, 0.15) is 0 Å². The van der Waals surface area contributed by atoms with Gasteiger partial charge in [-0.25, -0.2) is 0 Å². The van der Waals surface area contributed by atoms with Gasteiger partial charge in [0.2, 0.25) is 0 Å². The van der Waals surface area contributed by atoms with Gasteiger partial charge in [-0.2, -0.15) is 0 Å². The Labute approximate surface area is 52.3 Å². The maximum absolute atomic E-state index is 5.66. The van der Waals surface area contributed by atoms with Gasteiger partial charge in [0, 0.05) is 0 Å². The minimum Gasteiger partial charge on any atom is -0.0533 e. The summed E-state index contributed by atoms with van der Waals surface area (Å²) in [6, 6.07) is 0. The third kappa shape index (κ3) is 1.50. The van der Waals surface area contributed by atoms with Crippen molar-refractivity contribution in [1.29, 1.82) is 0 Å². The minimum absolute atomic E-state index is 0.321. The maximum Gasteiger partial charge on any atom is -0.0229 e. The molecule has 0 aromatic heterocycles. The fourth-order valence-corrected chi connectivity index (χ4v) is 1.21. The highest BCUT2D eigenvalue weighted by molar-refractivity contribution is 4.86. The van der Waals surface area contributed by atoms with Crippen LogP contribution in [0.25, 0.3) is 0 Å². The molecular weight excluding hydrogens is 96.1 g/mol. The molecule has 1 aliphatic carbocycles. The van der Waals surface area contributed by atoms with Gasteiger partial charge in [-0.15, -0.1) is 0 Å². The Morgan fingerprint density at radius 1 is 0.875 bits per heavy atom. The molecule has 4 radical (unpaired) electrons. The molecule has 0 N–H and O–H groups in total. The van der Waals surface area contributed by atoms with Crippen molar-refractivity contribution in [2.75, 3.05) is 0 Å². The summed E-state index contributed by atoms with van der Waals surface area (Å²) in [5, 5.41) is 0. The lowest BCUT2D eigenvalue weighted by Crippen LogP contribution is -2.15. The molecular formula is C8H12. The average molecular weight is 108 g/mol. The van der Waals surface area contributed by atoms with E-state index >= 15 is 0 Å². The quantitative estimate of drug-likeness (QED) is 0.447. The minimum atomic E-state index is -0.321. The van der Waals surface area contributed by atoms with E-state index in [0.29, 0.717) is 0 Å². The molecule has 44 valence electrons. The smallest absolute Gasteiger partial charge is 0.0229 e. The summed E-state index contributed by atoms with van der Waals surface area (Å²) < 4.78 is 0. The lowest BCUT2D eigenvalue weighted by Gasteiger charge is -2.27. The van der Waals surface area contributed by atoms with Crippen LogP contribution in [0.4, 0.5) is 0 Å². The molecule has 0 heteroatoms. The van der Waals surface area contributed by atoms with E-state index < -0.39 is 0 Å². The Kier molecular flexibility index (Phi) is 1.59. The van der Waals surface area contributed by atoms with Crippen LogP contribution in [0.3, 0.4) is 0 Å². The molecule has 0 heterocycles. The Hall–Kier alpha value is 0. The summed E-state index contributed by atoms with van der Waals surface area (Å²) in [7, 11) is 0. The SMILES string of the molecule is [CH]C1([CH])CCCCC1. The fraction of sp³-hybridized carbons (Fsp3) is 0.750. The second kappa shape index (κ2) is 2.08. The molecule has 0 aromatic carbocycles. The van der Waals surface area contributed by atoms with Crippen LogP contribution in [-0.4, -0.2) is 0 Å². The van der Waals surface area contributed by atoms with E-state index in [-0.39, 0.29) is 5.41 Å². The molecule has 0 unspecified atom stereocenters. The Bertz CT molecular complexity index is 64.1. The normalized spacial score (nSPS) is 27.8. The second-order valence-corrected chi connectivity index (χ2v) is 2.79. The zero-order valence-corrected chi connectivity index (χ0v) is 5.19. The van der Waals surface area contributed by atoms with Gasteiger partial charge in [0.25, 0.3) is 0 Å². The molecule has 1 aliphatic rings. The number of hydrogen-bond acceptors (Lipinski definition) is 0. The van der Waals surface area contributed by atoms with Crippen molar-refractivity contribution in [3.8, 4) is 0 Å². The molecule has 0 atom stereocenters.